The fourth-order valence-corrected chi connectivity index (χ4v) is 2.85. The molecule has 0 spiro atoms. The van der Waals surface area contributed by atoms with E-state index >= 15 is 0 Å². The van der Waals surface area contributed by atoms with E-state index in [4.69, 9.17) is 9.52 Å². The van der Waals surface area contributed by atoms with Gasteiger partial charge in [-0.3, -0.25) is 4.79 Å². The highest BCUT2D eigenvalue weighted by molar-refractivity contribution is 5.77. The van der Waals surface area contributed by atoms with Crippen LogP contribution in [0.2, 0.25) is 0 Å². The molecule has 0 atom stereocenters. The Morgan fingerprint density at radius 1 is 1.35 bits per heavy atom. The van der Waals surface area contributed by atoms with Crippen molar-refractivity contribution in [1.29, 1.82) is 0 Å². The zero-order chi connectivity index (χ0) is 14.1. The molecule has 0 unspecified atom stereocenters. The van der Waals surface area contributed by atoms with Gasteiger partial charge in [-0.05, 0) is 37.8 Å². The number of nitrogens with one attached hydrogen (secondary N) is 1. The molecule has 1 aromatic heterocycles. The van der Waals surface area contributed by atoms with Crippen LogP contribution >= 0.6 is 0 Å². The molecule has 3 rings (SSSR count). The smallest absolute Gasteiger partial charge is 0.306 e. The van der Waals surface area contributed by atoms with E-state index in [0.717, 1.165) is 42.5 Å². The number of aryl methyl sites for hydroxylation is 1. The Morgan fingerprint density at radius 2 is 2.10 bits per heavy atom. The molecule has 1 aromatic carbocycles. The minimum absolute atomic E-state index is 0.174. The van der Waals surface area contributed by atoms with E-state index in [9.17, 15) is 4.79 Å². The normalized spacial score (nSPS) is 22.9. The zero-order valence-corrected chi connectivity index (χ0v) is 11.4. The lowest BCUT2D eigenvalue weighted by Crippen LogP contribution is -2.29. The van der Waals surface area contributed by atoms with Crippen molar-refractivity contribution in [2.24, 2.45) is 5.92 Å². The Kier molecular flexibility index (Phi) is 3.34. The molecule has 106 valence electrons. The van der Waals surface area contributed by atoms with Crippen molar-refractivity contribution in [2.75, 3.05) is 5.32 Å². The van der Waals surface area contributed by atoms with E-state index in [1.54, 1.807) is 0 Å². The number of nitrogens with zero attached hydrogens (tertiary/aromatic N) is 1. The summed E-state index contributed by atoms with van der Waals surface area (Å²) < 4.78 is 5.52. The summed E-state index contributed by atoms with van der Waals surface area (Å²) in [6.07, 6.45) is 3.28. The van der Waals surface area contributed by atoms with Crippen LogP contribution in [0.25, 0.3) is 11.1 Å². The van der Waals surface area contributed by atoms with Crippen molar-refractivity contribution >= 4 is 22.8 Å². The highest BCUT2D eigenvalue weighted by Gasteiger charge is 2.25. The Morgan fingerprint density at radius 3 is 2.80 bits per heavy atom. The third-order valence-electron chi connectivity index (χ3n) is 3.94. The van der Waals surface area contributed by atoms with Crippen molar-refractivity contribution in [2.45, 2.75) is 38.6 Å². The summed E-state index contributed by atoms with van der Waals surface area (Å²) in [5.74, 6) is -0.173. The summed E-state index contributed by atoms with van der Waals surface area (Å²) in [7, 11) is 0. The molecular formula is C15H18N2O3. The van der Waals surface area contributed by atoms with Gasteiger partial charge in [-0.25, -0.2) is 4.98 Å². The van der Waals surface area contributed by atoms with Crippen LogP contribution in [0.1, 0.15) is 31.6 Å². The number of benzene rings is 1. The molecule has 1 fully saturated rings. The molecule has 20 heavy (non-hydrogen) atoms. The predicted molar refractivity (Wildman–Crippen MR) is 75.8 cm³/mol. The van der Waals surface area contributed by atoms with Crippen LogP contribution in [0.5, 0.6) is 0 Å². The second-order valence-electron chi connectivity index (χ2n) is 5.45. The van der Waals surface area contributed by atoms with Gasteiger partial charge in [-0.1, -0.05) is 0 Å². The molecule has 0 aliphatic heterocycles. The Balaban J connectivity index is 1.66. The fourth-order valence-electron chi connectivity index (χ4n) is 2.85. The van der Waals surface area contributed by atoms with Crippen LogP contribution in [0.3, 0.4) is 0 Å². The molecule has 5 heteroatoms. The highest BCUT2D eigenvalue weighted by atomic mass is 16.4. The van der Waals surface area contributed by atoms with E-state index in [1.807, 2.05) is 25.1 Å². The minimum atomic E-state index is -0.665. The van der Waals surface area contributed by atoms with Gasteiger partial charge in [0, 0.05) is 24.7 Å². The summed E-state index contributed by atoms with van der Waals surface area (Å²) in [5.41, 5.74) is 2.65. The molecule has 2 N–H and O–H groups in total. The maximum absolute atomic E-state index is 10.9. The monoisotopic (exact) mass is 274 g/mol. The first kappa shape index (κ1) is 13.0. The van der Waals surface area contributed by atoms with E-state index in [-0.39, 0.29) is 5.92 Å². The van der Waals surface area contributed by atoms with Crippen LogP contribution in [-0.2, 0) is 4.79 Å². The van der Waals surface area contributed by atoms with Crippen molar-refractivity contribution < 1.29 is 14.3 Å². The van der Waals surface area contributed by atoms with Crippen molar-refractivity contribution in [3.05, 3.63) is 24.1 Å². The number of anilines is 1. The Hall–Kier alpha value is -2.04. The minimum Gasteiger partial charge on any atom is -0.481 e. The number of aromatic nitrogens is 1. The fraction of sp³-hybridized carbons (Fsp3) is 0.467. The number of aliphatic carboxylic acids is 1. The highest BCUT2D eigenvalue weighted by Crippen LogP contribution is 2.28. The number of rotatable bonds is 3. The molecule has 1 aliphatic rings. The molecule has 1 heterocycles. The Labute approximate surface area is 117 Å². The maximum atomic E-state index is 10.9. The lowest BCUT2D eigenvalue weighted by atomic mass is 9.86. The molecular weight excluding hydrogens is 256 g/mol. The summed E-state index contributed by atoms with van der Waals surface area (Å²) in [5, 5.41) is 12.5. The van der Waals surface area contributed by atoms with Gasteiger partial charge in [0.1, 0.15) is 5.52 Å². The van der Waals surface area contributed by atoms with Gasteiger partial charge in [0.15, 0.2) is 11.5 Å². The zero-order valence-electron chi connectivity index (χ0n) is 11.4. The first-order valence-electron chi connectivity index (χ1n) is 6.98. The quantitative estimate of drug-likeness (QED) is 0.899. The number of fused-ring (bicyclic) bond motifs is 1. The molecule has 1 saturated carbocycles. The van der Waals surface area contributed by atoms with E-state index in [0.29, 0.717) is 11.9 Å². The van der Waals surface area contributed by atoms with E-state index in [1.165, 1.54) is 0 Å². The van der Waals surface area contributed by atoms with Gasteiger partial charge in [0.2, 0.25) is 0 Å². The van der Waals surface area contributed by atoms with Crippen LogP contribution in [0.15, 0.2) is 22.6 Å². The van der Waals surface area contributed by atoms with E-state index < -0.39 is 5.97 Å². The van der Waals surface area contributed by atoms with Crippen LogP contribution in [0.4, 0.5) is 5.69 Å². The van der Waals surface area contributed by atoms with Crippen molar-refractivity contribution in [3.63, 3.8) is 0 Å². The maximum Gasteiger partial charge on any atom is 0.306 e. The number of carbonyl (C=O) groups is 1. The standard InChI is InChI=1S/C15H18N2O3/c1-9-16-13-7-6-12(8-14(13)20-9)17-11-4-2-10(3-5-11)15(18)19/h6-8,10-11,17H,2-5H2,1H3,(H,18,19). The molecule has 2 aromatic rings. The topological polar surface area (TPSA) is 75.4 Å². The summed E-state index contributed by atoms with van der Waals surface area (Å²) in [6, 6.07) is 6.23. The number of hydrogen-bond donors (Lipinski definition) is 2. The third-order valence-corrected chi connectivity index (χ3v) is 3.94. The van der Waals surface area contributed by atoms with Gasteiger partial charge >= 0.3 is 5.97 Å². The van der Waals surface area contributed by atoms with Gasteiger partial charge in [0.25, 0.3) is 0 Å². The number of hydrogen-bond acceptors (Lipinski definition) is 4. The molecule has 1 aliphatic carbocycles. The SMILES string of the molecule is Cc1nc2ccc(NC3CCC(C(=O)O)CC3)cc2o1. The van der Waals surface area contributed by atoms with Crippen LogP contribution < -0.4 is 5.32 Å². The first-order chi connectivity index (χ1) is 9.61. The molecule has 0 radical (unpaired) electrons. The molecule has 0 amide bonds. The number of oxazole rings is 1. The van der Waals surface area contributed by atoms with Crippen LogP contribution in [-0.4, -0.2) is 22.1 Å². The van der Waals surface area contributed by atoms with Gasteiger partial charge < -0.3 is 14.8 Å². The summed E-state index contributed by atoms with van der Waals surface area (Å²) in [6.45, 7) is 1.83. The third kappa shape index (κ3) is 2.61. The van der Waals surface area contributed by atoms with Crippen molar-refractivity contribution in [3.8, 4) is 0 Å². The predicted octanol–water partition coefficient (Wildman–Crippen LogP) is 3.19. The van der Waals surface area contributed by atoms with Gasteiger partial charge in [-0.15, -0.1) is 0 Å². The second-order valence-corrected chi connectivity index (χ2v) is 5.45. The number of carboxylic acids is 1. The van der Waals surface area contributed by atoms with Crippen molar-refractivity contribution in [1.82, 2.24) is 4.98 Å². The summed E-state index contributed by atoms with van der Waals surface area (Å²) in [4.78, 5) is 15.2. The molecule has 5 nitrogen and oxygen atoms in total. The lowest BCUT2D eigenvalue weighted by molar-refractivity contribution is -0.142. The largest absolute Gasteiger partial charge is 0.481 e. The lowest BCUT2D eigenvalue weighted by Gasteiger charge is -2.27. The first-order valence-corrected chi connectivity index (χ1v) is 6.98. The second kappa shape index (κ2) is 5.15. The molecule has 0 bridgehead atoms. The van der Waals surface area contributed by atoms with E-state index in [2.05, 4.69) is 10.3 Å². The summed E-state index contributed by atoms with van der Waals surface area (Å²) >= 11 is 0. The molecule has 0 saturated heterocycles. The van der Waals surface area contributed by atoms with Crippen LogP contribution in [0, 0.1) is 12.8 Å². The Bertz CT molecular complexity index is 627. The average molecular weight is 274 g/mol. The average Bonchev–Trinajstić information content (AvgIpc) is 2.78. The van der Waals surface area contributed by atoms with Gasteiger partial charge in [0.05, 0.1) is 5.92 Å². The van der Waals surface area contributed by atoms with Gasteiger partial charge in [-0.2, -0.15) is 0 Å². The number of carboxylic acid groups (broad SMARTS) is 1.